The normalized spacial score (nSPS) is 15.1. The zero-order chi connectivity index (χ0) is 20.5. The minimum atomic E-state index is -0.426. The number of ether oxygens (including phenoxy) is 2. The molecule has 0 bridgehead atoms. The quantitative estimate of drug-likeness (QED) is 0.573. The van der Waals surface area contributed by atoms with Gasteiger partial charge in [-0.3, -0.25) is 0 Å². The lowest BCUT2D eigenvalue weighted by molar-refractivity contribution is 0.0600. The highest BCUT2D eigenvalue weighted by molar-refractivity contribution is 5.93. The van der Waals surface area contributed by atoms with Gasteiger partial charge in [0.2, 0.25) is 0 Å². The fourth-order valence-electron chi connectivity index (χ4n) is 3.59. The topological polar surface area (TPSA) is 55.8 Å². The number of nitrogens with zero attached hydrogens (tertiary/aromatic N) is 1. The molecule has 28 heavy (non-hydrogen) atoms. The first-order chi connectivity index (χ1) is 13.2. The van der Waals surface area contributed by atoms with E-state index in [4.69, 9.17) is 4.74 Å². The van der Waals surface area contributed by atoms with Gasteiger partial charge in [-0.25, -0.2) is 9.59 Å². The Bertz CT molecular complexity index is 884. The van der Waals surface area contributed by atoms with Crippen molar-refractivity contribution in [1.29, 1.82) is 0 Å². The Labute approximate surface area is 166 Å². The van der Waals surface area contributed by atoms with E-state index in [1.54, 1.807) is 24.3 Å². The molecule has 2 aromatic rings. The first-order valence-electron chi connectivity index (χ1n) is 9.54. The molecule has 0 aliphatic carbocycles. The highest BCUT2D eigenvalue weighted by Crippen LogP contribution is 2.41. The maximum Gasteiger partial charge on any atom is 0.343 e. The van der Waals surface area contributed by atoms with Gasteiger partial charge in [-0.15, -0.1) is 0 Å². The van der Waals surface area contributed by atoms with E-state index in [0.717, 1.165) is 13.0 Å². The molecule has 0 fully saturated rings. The number of fused-ring (bicyclic) bond motifs is 1. The van der Waals surface area contributed by atoms with E-state index in [0.29, 0.717) is 22.9 Å². The van der Waals surface area contributed by atoms with Crippen LogP contribution in [0.15, 0.2) is 42.5 Å². The number of methoxy groups -OCH3 is 1. The van der Waals surface area contributed by atoms with E-state index in [1.807, 2.05) is 18.2 Å². The molecule has 1 heterocycles. The second-order valence-electron chi connectivity index (χ2n) is 8.06. The predicted molar refractivity (Wildman–Crippen MR) is 109 cm³/mol. The van der Waals surface area contributed by atoms with Crippen LogP contribution in [0.25, 0.3) is 0 Å². The summed E-state index contributed by atoms with van der Waals surface area (Å²) in [6.45, 7) is 9.80. The number of esters is 2. The van der Waals surface area contributed by atoms with Crippen molar-refractivity contribution in [3.63, 3.8) is 0 Å². The summed E-state index contributed by atoms with van der Waals surface area (Å²) in [6.07, 6.45) is 1.03. The third-order valence-electron chi connectivity index (χ3n) is 5.36. The van der Waals surface area contributed by atoms with Gasteiger partial charge in [0.1, 0.15) is 5.75 Å². The number of hydrogen-bond acceptors (Lipinski definition) is 5. The van der Waals surface area contributed by atoms with Crippen LogP contribution in [0.4, 0.5) is 5.69 Å². The van der Waals surface area contributed by atoms with Crippen LogP contribution in [0.5, 0.6) is 5.75 Å². The van der Waals surface area contributed by atoms with Crippen molar-refractivity contribution in [1.82, 2.24) is 0 Å². The third-order valence-corrected chi connectivity index (χ3v) is 5.36. The Morgan fingerprint density at radius 1 is 1.00 bits per heavy atom. The molecule has 0 aromatic heterocycles. The van der Waals surface area contributed by atoms with Gasteiger partial charge in [-0.05, 0) is 73.7 Å². The van der Waals surface area contributed by atoms with Gasteiger partial charge in [-0.2, -0.15) is 0 Å². The summed E-state index contributed by atoms with van der Waals surface area (Å²) in [5, 5.41) is 0. The first-order valence-corrected chi connectivity index (χ1v) is 9.54. The lowest BCUT2D eigenvalue weighted by Crippen LogP contribution is -2.41. The summed E-state index contributed by atoms with van der Waals surface area (Å²) < 4.78 is 10.2. The van der Waals surface area contributed by atoms with Crippen LogP contribution in [0.3, 0.4) is 0 Å². The molecule has 148 valence electrons. The molecule has 0 radical (unpaired) electrons. The molecule has 3 rings (SSSR count). The molecule has 5 nitrogen and oxygen atoms in total. The average Bonchev–Trinajstić information content (AvgIpc) is 2.67. The van der Waals surface area contributed by atoms with E-state index in [1.165, 1.54) is 18.4 Å². The molecule has 1 aliphatic rings. The smallest absolute Gasteiger partial charge is 0.343 e. The van der Waals surface area contributed by atoms with Gasteiger partial charge in [0, 0.05) is 18.3 Å². The van der Waals surface area contributed by atoms with Crippen molar-refractivity contribution >= 4 is 17.6 Å². The fraction of sp³-hybridized carbons (Fsp3) is 0.391. The standard InChI is InChI=1S/C23H27NO4/c1-15(2)24-13-12-23(3,4)19-14-17(8-11-20(19)24)22(26)28-18-9-6-16(7-10-18)21(25)27-5/h6-11,14-15H,12-13H2,1-5H3. The molecular formula is C23H27NO4. The molecule has 5 heteroatoms. The summed E-state index contributed by atoms with van der Waals surface area (Å²) >= 11 is 0. The monoisotopic (exact) mass is 381 g/mol. The van der Waals surface area contributed by atoms with E-state index >= 15 is 0 Å². The Kier molecular flexibility index (Phi) is 5.45. The Balaban J connectivity index is 1.84. The highest BCUT2D eigenvalue weighted by atomic mass is 16.5. The summed E-state index contributed by atoms with van der Waals surface area (Å²) in [6, 6.07) is 12.5. The van der Waals surface area contributed by atoms with Crippen LogP contribution in [0.1, 0.15) is 60.4 Å². The van der Waals surface area contributed by atoms with Gasteiger partial charge in [-0.1, -0.05) is 13.8 Å². The predicted octanol–water partition coefficient (Wildman–Crippen LogP) is 4.59. The van der Waals surface area contributed by atoms with E-state index in [2.05, 4.69) is 37.3 Å². The van der Waals surface area contributed by atoms with Crippen LogP contribution < -0.4 is 9.64 Å². The van der Waals surface area contributed by atoms with Crippen LogP contribution >= 0.6 is 0 Å². The fourth-order valence-corrected chi connectivity index (χ4v) is 3.59. The van der Waals surface area contributed by atoms with E-state index < -0.39 is 11.9 Å². The number of hydrogen-bond donors (Lipinski definition) is 0. The minimum Gasteiger partial charge on any atom is -0.465 e. The summed E-state index contributed by atoms with van der Waals surface area (Å²) in [5.41, 5.74) is 3.29. The van der Waals surface area contributed by atoms with Crippen molar-refractivity contribution in [3.05, 3.63) is 59.2 Å². The molecule has 2 aromatic carbocycles. The number of carbonyl (C=O) groups is 2. The largest absolute Gasteiger partial charge is 0.465 e. The van der Waals surface area contributed by atoms with Crippen molar-refractivity contribution < 1.29 is 19.1 Å². The second-order valence-corrected chi connectivity index (χ2v) is 8.06. The maximum absolute atomic E-state index is 12.7. The minimum absolute atomic E-state index is 0.000818. The molecule has 0 amide bonds. The zero-order valence-electron chi connectivity index (χ0n) is 17.1. The van der Waals surface area contributed by atoms with Crippen molar-refractivity contribution in [2.75, 3.05) is 18.6 Å². The van der Waals surface area contributed by atoms with Crippen molar-refractivity contribution in [2.45, 2.75) is 45.6 Å². The maximum atomic E-state index is 12.7. The van der Waals surface area contributed by atoms with Crippen LogP contribution in [0.2, 0.25) is 0 Å². The van der Waals surface area contributed by atoms with Gasteiger partial charge < -0.3 is 14.4 Å². The van der Waals surface area contributed by atoms with Gasteiger partial charge in [0.05, 0.1) is 18.2 Å². The molecule has 0 spiro atoms. The number of carbonyl (C=O) groups excluding carboxylic acids is 2. The van der Waals surface area contributed by atoms with Gasteiger partial charge in [0.15, 0.2) is 0 Å². The molecule has 0 saturated heterocycles. The highest BCUT2D eigenvalue weighted by Gasteiger charge is 2.32. The van der Waals surface area contributed by atoms with Crippen molar-refractivity contribution in [2.24, 2.45) is 0 Å². The number of benzene rings is 2. The Morgan fingerprint density at radius 2 is 1.64 bits per heavy atom. The Hall–Kier alpha value is -2.82. The van der Waals surface area contributed by atoms with Crippen LogP contribution in [0, 0.1) is 0 Å². The van der Waals surface area contributed by atoms with E-state index in [9.17, 15) is 9.59 Å². The molecule has 0 N–H and O–H groups in total. The average molecular weight is 381 g/mol. The number of rotatable bonds is 4. The van der Waals surface area contributed by atoms with Crippen LogP contribution in [-0.4, -0.2) is 31.6 Å². The summed E-state index contributed by atoms with van der Waals surface area (Å²) in [5.74, 6) is -0.450. The summed E-state index contributed by atoms with van der Waals surface area (Å²) in [4.78, 5) is 26.6. The van der Waals surface area contributed by atoms with Gasteiger partial charge >= 0.3 is 11.9 Å². The first kappa shape index (κ1) is 19.9. The number of anilines is 1. The van der Waals surface area contributed by atoms with Gasteiger partial charge in [0.25, 0.3) is 0 Å². The molecular weight excluding hydrogens is 354 g/mol. The van der Waals surface area contributed by atoms with Crippen LogP contribution in [-0.2, 0) is 10.2 Å². The lowest BCUT2D eigenvalue weighted by Gasteiger charge is -2.42. The second kappa shape index (κ2) is 7.66. The Morgan fingerprint density at radius 3 is 2.25 bits per heavy atom. The molecule has 1 aliphatic heterocycles. The third kappa shape index (κ3) is 3.88. The summed E-state index contributed by atoms with van der Waals surface area (Å²) in [7, 11) is 1.33. The zero-order valence-corrected chi connectivity index (χ0v) is 17.1. The lowest BCUT2D eigenvalue weighted by atomic mass is 9.77. The molecule has 0 unspecified atom stereocenters. The van der Waals surface area contributed by atoms with Crippen molar-refractivity contribution in [3.8, 4) is 5.75 Å². The molecule has 0 atom stereocenters. The molecule has 0 saturated carbocycles. The SMILES string of the molecule is COC(=O)c1ccc(OC(=O)c2ccc3c(c2)C(C)(C)CCN3C(C)C)cc1. The van der Waals surface area contributed by atoms with E-state index in [-0.39, 0.29) is 5.41 Å².